The van der Waals surface area contributed by atoms with Crippen LogP contribution in [-0.2, 0) is 9.53 Å². The van der Waals surface area contributed by atoms with E-state index in [9.17, 15) is 4.79 Å². The van der Waals surface area contributed by atoms with Crippen molar-refractivity contribution in [2.45, 2.75) is 176 Å². The van der Waals surface area contributed by atoms with Crippen molar-refractivity contribution in [3.63, 3.8) is 0 Å². The van der Waals surface area contributed by atoms with Crippen molar-refractivity contribution in [2.75, 3.05) is 0 Å². The van der Waals surface area contributed by atoms with E-state index in [2.05, 4.69) is 90.7 Å². The molecule has 8 atom stereocenters. The van der Waals surface area contributed by atoms with Gasteiger partial charge in [-0.1, -0.05) is 121 Å². The molecular formula is C46H74O2. The number of ether oxygens (including phenoxy) is 1. The Hall–Kier alpha value is -1.83. The minimum Gasteiger partial charge on any atom is -0.462 e. The molecule has 8 unspecified atom stereocenters. The molecule has 3 fully saturated rings. The van der Waals surface area contributed by atoms with E-state index in [0.717, 1.165) is 74.5 Å². The molecule has 4 aliphatic carbocycles. The van der Waals surface area contributed by atoms with Crippen LogP contribution < -0.4 is 0 Å². The molecule has 4 rings (SSSR count). The Bertz CT molecular complexity index is 1140. The molecule has 0 bridgehead atoms. The Morgan fingerprint density at radius 2 is 1.58 bits per heavy atom. The first-order valence-corrected chi connectivity index (χ1v) is 20.6. The summed E-state index contributed by atoms with van der Waals surface area (Å²) >= 11 is 0. The fraction of sp³-hybridized carbons (Fsp3) is 0.761. The van der Waals surface area contributed by atoms with E-state index in [-0.39, 0.29) is 12.1 Å². The molecule has 0 amide bonds. The van der Waals surface area contributed by atoms with Crippen LogP contribution in [0.2, 0.25) is 0 Å². The van der Waals surface area contributed by atoms with Crippen LogP contribution in [0.1, 0.15) is 170 Å². The summed E-state index contributed by atoms with van der Waals surface area (Å²) in [5.41, 5.74) is 3.88. The maximum atomic E-state index is 12.8. The Morgan fingerprint density at radius 1 is 0.875 bits per heavy atom. The van der Waals surface area contributed by atoms with Crippen LogP contribution in [0.25, 0.3) is 0 Å². The average Bonchev–Trinajstić information content (AvgIpc) is 3.42. The molecule has 0 aromatic heterocycles. The number of hydrogen-bond donors (Lipinski definition) is 0. The molecule has 0 aromatic rings. The van der Waals surface area contributed by atoms with Crippen LogP contribution in [-0.4, -0.2) is 12.1 Å². The fourth-order valence-electron chi connectivity index (χ4n) is 10.7. The van der Waals surface area contributed by atoms with Gasteiger partial charge in [0.25, 0.3) is 0 Å². The maximum Gasteiger partial charge on any atom is 0.306 e. The molecule has 2 heteroatoms. The lowest BCUT2D eigenvalue weighted by molar-refractivity contribution is -0.151. The molecule has 3 saturated carbocycles. The van der Waals surface area contributed by atoms with Crippen LogP contribution in [0.4, 0.5) is 0 Å². The zero-order valence-corrected chi connectivity index (χ0v) is 32.2. The average molecular weight is 659 g/mol. The van der Waals surface area contributed by atoms with Crippen LogP contribution in [0, 0.1) is 46.3 Å². The highest BCUT2D eigenvalue weighted by Crippen LogP contribution is 2.67. The highest BCUT2D eigenvalue weighted by atomic mass is 16.5. The number of rotatable bonds is 19. The van der Waals surface area contributed by atoms with Gasteiger partial charge in [0.2, 0.25) is 0 Å². The smallest absolute Gasteiger partial charge is 0.306 e. The highest BCUT2D eigenvalue weighted by molar-refractivity contribution is 5.69. The predicted octanol–water partition coefficient (Wildman–Crippen LogP) is 13.7. The van der Waals surface area contributed by atoms with Gasteiger partial charge in [-0.2, -0.15) is 0 Å². The van der Waals surface area contributed by atoms with Crippen molar-refractivity contribution in [1.82, 2.24) is 0 Å². The molecule has 0 heterocycles. The molecule has 2 nitrogen and oxygen atoms in total. The molecule has 270 valence electrons. The number of esters is 1. The molecule has 4 aliphatic rings. The third-order valence-electron chi connectivity index (χ3n) is 13.9. The van der Waals surface area contributed by atoms with E-state index in [1.807, 2.05) is 0 Å². The van der Waals surface area contributed by atoms with E-state index in [0.29, 0.717) is 23.2 Å². The number of fused-ring (bicyclic) bond motifs is 5. The minimum absolute atomic E-state index is 0.0376. The van der Waals surface area contributed by atoms with Crippen LogP contribution in [0.5, 0.6) is 0 Å². The lowest BCUT2D eigenvalue weighted by Crippen LogP contribution is -2.51. The molecular weight excluding hydrogens is 585 g/mol. The Labute approximate surface area is 297 Å². The van der Waals surface area contributed by atoms with Gasteiger partial charge in [-0.15, -0.1) is 0 Å². The van der Waals surface area contributed by atoms with Crippen molar-refractivity contribution in [2.24, 2.45) is 46.3 Å². The zero-order valence-electron chi connectivity index (χ0n) is 32.2. The van der Waals surface area contributed by atoms with E-state index < -0.39 is 0 Å². The first-order chi connectivity index (χ1) is 23.1. The highest BCUT2D eigenvalue weighted by Gasteiger charge is 2.59. The normalized spacial score (nSPS) is 32.4. The Kier molecular flexibility index (Phi) is 15.4. The van der Waals surface area contributed by atoms with E-state index in [4.69, 9.17) is 4.74 Å². The van der Waals surface area contributed by atoms with E-state index in [1.165, 1.54) is 82.6 Å². The van der Waals surface area contributed by atoms with Gasteiger partial charge in [0.1, 0.15) is 6.10 Å². The molecule has 48 heavy (non-hydrogen) atoms. The van der Waals surface area contributed by atoms with E-state index in [1.54, 1.807) is 5.57 Å². The molecule has 0 N–H and O–H groups in total. The summed E-state index contributed by atoms with van der Waals surface area (Å²) in [6.45, 7) is 19.0. The summed E-state index contributed by atoms with van der Waals surface area (Å²) in [7, 11) is 0. The lowest BCUT2D eigenvalue weighted by Gasteiger charge is -2.58. The van der Waals surface area contributed by atoms with Crippen LogP contribution in [0.3, 0.4) is 0 Å². The van der Waals surface area contributed by atoms with Gasteiger partial charge >= 0.3 is 5.97 Å². The molecule has 0 saturated heterocycles. The second kappa shape index (κ2) is 19.0. The Balaban J connectivity index is 1.14. The topological polar surface area (TPSA) is 26.3 Å². The quantitative estimate of drug-likeness (QED) is 0.0784. The zero-order chi connectivity index (χ0) is 34.6. The SMILES string of the molecule is C=C(CCC(C)C1CCC2C3CC=C4CC(OC(=O)CCCCCCCC=CCC=CCC=CCC)CCC4(C)C3CCC12C)C(C)C. The molecule has 0 aromatic carbocycles. The van der Waals surface area contributed by atoms with Gasteiger partial charge in [0.05, 0.1) is 0 Å². The van der Waals surface area contributed by atoms with Crippen molar-refractivity contribution < 1.29 is 9.53 Å². The van der Waals surface area contributed by atoms with Crippen molar-refractivity contribution >= 4 is 5.97 Å². The third-order valence-corrected chi connectivity index (χ3v) is 13.9. The first-order valence-electron chi connectivity index (χ1n) is 20.6. The van der Waals surface area contributed by atoms with Gasteiger partial charge in [-0.3, -0.25) is 4.79 Å². The summed E-state index contributed by atoms with van der Waals surface area (Å²) in [5.74, 6) is 4.85. The number of allylic oxidation sites excluding steroid dienone is 8. The summed E-state index contributed by atoms with van der Waals surface area (Å²) in [4.78, 5) is 12.8. The summed E-state index contributed by atoms with van der Waals surface area (Å²) in [6, 6.07) is 0. The van der Waals surface area contributed by atoms with Gasteiger partial charge < -0.3 is 4.74 Å². The largest absolute Gasteiger partial charge is 0.462 e. The molecule has 0 spiro atoms. The van der Waals surface area contributed by atoms with Crippen LogP contribution >= 0.6 is 0 Å². The Morgan fingerprint density at radius 3 is 2.33 bits per heavy atom. The minimum atomic E-state index is 0.0376. The maximum absolute atomic E-state index is 12.8. The lowest BCUT2D eigenvalue weighted by atomic mass is 9.47. The van der Waals surface area contributed by atoms with Crippen LogP contribution in [0.15, 0.2) is 60.3 Å². The second-order valence-corrected chi connectivity index (χ2v) is 17.3. The van der Waals surface area contributed by atoms with Crippen molar-refractivity contribution in [1.29, 1.82) is 0 Å². The molecule has 0 radical (unpaired) electrons. The molecule has 0 aliphatic heterocycles. The van der Waals surface area contributed by atoms with Gasteiger partial charge in [0, 0.05) is 12.8 Å². The monoisotopic (exact) mass is 659 g/mol. The third kappa shape index (κ3) is 10.1. The number of unbranched alkanes of at least 4 members (excludes halogenated alkanes) is 5. The number of carbonyl (C=O) groups is 1. The van der Waals surface area contributed by atoms with Crippen molar-refractivity contribution in [3.05, 3.63) is 60.3 Å². The van der Waals surface area contributed by atoms with Gasteiger partial charge in [-0.25, -0.2) is 0 Å². The van der Waals surface area contributed by atoms with Crippen molar-refractivity contribution in [3.8, 4) is 0 Å². The standard InChI is InChI=1S/C46H74O2/c1-8-9-10-11-12-13-14-15-16-17-18-19-20-21-22-23-44(47)48-39-30-32-45(6)38(34-39)26-27-40-42-29-28-41(46(42,7)33-31-43(40)45)37(5)25-24-36(4)35(2)3/h9-10,12-13,15-16,26,35,37,39-43H,4,8,11,14,17-25,27-34H2,1-3,5-7H3. The van der Waals surface area contributed by atoms with Gasteiger partial charge in [-0.05, 0) is 143 Å². The fourth-order valence-corrected chi connectivity index (χ4v) is 10.7. The number of carbonyl (C=O) groups excluding carboxylic acids is 1. The number of hydrogen-bond acceptors (Lipinski definition) is 2. The van der Waals surface area contributed by atoms with E-state index >= 15 is 0 Å². The first kappa shape index (κ1) is 39.0. The second-order valence-electron chi connectivity index (χ2n) is 17.3. The predicted molar refractivity (Wildman–Crippen MR) is 207 cm³/mol. The summed E-state index contributed by atoms with van der Waals surface area (Å²) in [5, 5.41) is 0. The summed E-state index contributed by atoms with van der Waals surface area (Å²) in [6.07, 6.45) is 39.7. The summed E-state index contributed by atoms with van der Waals surface area (Å²) < 4.78 is 6.12. The van der Waals surface area contributed by atoms with Gasteiger partial charge in [0.15, 0.2) is 0 Å².